The normalized spacial score (nSPS) is 19.9. The second kappa shape index (κ2) is 11.6. The van der Waals surface area contributed by atoms with Crippen molar-refractivity contribution in [1.29, 1.82) is 5.41 Å². The van der Waals surface area contributed by atoms with Crippen molar-refractivity contribution in [2.24, 2.45) is 11.8 Å². The van der Waals surface area contributed by atoms with Gasteiger partial charge in [-0.2, -0.15) is 13.2 Å². The molecule has 2 aliphatic rings. The van der Waals surface area contributed by atoms with Crippen molar-refractivity contribution in [3.8, 4) is 5.75 Å². The SMILES string of the molecule is N=CC[C@@H](CCOc1cc(F)c(C(O)NC2CC2)c(F)c1)CC1CCN(CC(F)(F)F)CC1. The number of piperidine rings is 1. The summed E-state index contributed by atoms with van der Waals surface area (Å²) in [5.41, 5.74) is -0.423. The fourth-order valence-corrected chi connectivity index (χ4v) is 4.41. The first-order chi connectivity index (χ1) is 15.6. The number of likely N-dealkylation sites (tertiary alicyclic amines) is 1. The van der Waals surface area contributed by atoms with Crippen LogP contribution >= 0.6 is 0 Å². The molecule has 3 rings (SSSR count). The minimum absolute atomic E-state index is 0.0291. The number of benzene rings is 1. The summed E-state index contributed by atoms with van der Waals surface area (Å²) in [6.45, 7) is 0.137. The van der Waals surface area contributed by atoms with Crippen LogP contribution < -0.4 is 10.1 Å². The lowest BCUT2D eigenvalue weighted by molar-refractivity contribution is -0.148. The van der Waals surface area contributed by atoms with Crippen LogP contribution in [0.15, 0.2) is 12.1 Å². The van der Waals surface area contributed by atoms with Crippen molar-refractivity contribution in [3.05, 3.63) is 29.3 Å². The molecular weight excluding hydrogens is 445 g/mol. The summed E-state index contributed by atoms with van der Waals surface area (Å²) in [4.78, 5) is 1.43. The summed E-state index contributed by atoms with van der Waals surface area (Å²) < 4.78 is 71.9. The van der Waals surface area contributed by atoms with Crippen LogP contribution in [0.5, 0.6) is 5.75 Å². The molecule has 2 atom stereocenters. The summed E-state index contributed by atoms with van der Waals surface area (Å²) in [7, 11) is 0. The average molecular weight is 478 g/mol. The minimum atomic E-state index is -4.18. The van der Waals surface area contributed by atoms with Gasteiger partial charge in [-0.3, -0.25) is 10.2 Å². The molecule has 0 bridgehead atoms. The van der Waals surface area contributed by atoms with Crippen LogP contribution in [-0.2, 0) is 0 Å². The monoisotopic (exact) mass is 477 g/mol. The molecule has 33 heavy (non-hydrogen) atoms. The Morgan fingerprint density at radius 1 is 1.15 bits per heavy atom. The Kier molecular flexibility index (Phi) is 9.06. The van der Waals surface area contributed by atoms with Crippen molar-refractivity contribution in [2.45, 2.75) is 63.4 Å². The zero-order valence-electron chi connectivity index (χ0n) is 18.5. The molecule has 1 aromatic rings. The van der Waals surface area contributed by atoms with Gasteiger partial charge in [-0.25, -0.2) is 8.78 Å². The Bertz CT molecular complexity index is 757. The third-order valence-electron chi connectivity index (χ3n) is 6.32. The summed E-state index contributed by atoms with van der Waals surface area (Å²) in [5, 5.41) is 20.2. The van der Waals surface area contributed by atoms with Gasteiger partial charge >= 0.3 is 6.18 Å². The molecule has 1 aliphatic heterocycles. The highest BCUT2D eigenvalue weighted by atomic mass is 19.4. The molecule has 0 amide bonds. The lowest BCUT2D eigenvalue weighted by Crippen LogP contribution is -2.40. The highest BCUT2D eigenvalue weighted by Crippen LogP contribution is 2.30. The number of aliphatic hydroxyl groups is 1. The van der Waals surface area contributed by atoms with E-state index in [2.05, 4.69) is 5.32 Å². The van der Waals surface area contributed by atoms with Gasteiger partial charge in [0.05, 0.1) is 18.7 Å². The molecular formula is C23H32F5N3O2. The summed E-state index contributed by atoms with van der Waals surface area (Å²) >= 11 is 0. The predicted molar refractivity (Wildman–Crippen MR) is 114 cm³/mol. The van der Waals surface area contributed by atoms with Gasteiger partial charge in [-0.1, -0.05) is 0 Å². The van der Waals surface area contributed by atoms with E-state index in [1.54, 1.807) is 0 Å². The van der Waals surface area contributed by atoms with E-state index in [9.17, 15) is 27.1 Å². The fourth-order valence-electron chi connectivity index (χ4n) is 4.41. The zero-order valence-corrected chi connectivity index (χ0v) is 18.5. The quantitative estimate of drug-likeness (QED) is 0.230. The van der Waals surface area contributed by atoms with Crippen molar-refractivity contribution in [2.75, 3.05) is 26.2 Å². The number of alkyl halides is 3. The number of halogens is 5. The summed E-state index contributed by atoms with van der Waals surface area (Å²) in [5.74, 6) is -1.34. The molecule has 3 N–H and O–H groups in total. The van der Waals surface area contributed by atoms with E-state index in [1.165, 1.54) is 11.1 Å². The third kappa shape index (κ3) is 8.50. The molecule has 2 fully saturated rings. The topological polar surface area (TPSA) is 68.6 Å². The highest BCUT2D eigenvalue weighted by Gasteiger charge is 2.33. The molecule has 1 aliphatic carbocycles. The van der Waals surface area contributed by atoms with Crippen LogP contribution in [0.1, 0.15) is 56.7 Å². The molecule has 1 saturated heterocycles. The summed E-state index contributed by atoms with van der Waals surface area (Å²) in [6.07, 6.45) is 0.672. The van der Waals surface area contributed by atoms with E-state index < -0.39 is 36.1 Å². The van der Waals surface area contributed by atoms with E-state index in [4.69, 9.17) is 10.1 Å². The standard InChI is InChI=1S/C23H32F5N3O2/c24-19-12-18(13-20(25)21(19)22(32)30-17-1-2-17)33-10-6-15(3-7-29)11-16-4-8-31(9-5-16)14-23(26,27)28/h7,12-13,15-17,22,29-30,32H,1-6,8-11,14H2/t15-,22?/m0/s1. The Morgan fingerprint density at radius 3 is 2.33 bits per heavy atom. The first kappa shape index (κ1) is 25.8. The first-order valence-corrected chi connectivity index (χ1v) is 11.5. The molecule has 0 aromatic heterocycles. The Labute approximate surface area is 190 Å². The lowest BCUT2D eigenvalue weighted by Gasteiger charge is -2.33. The van der Waals surface area contributed by atoms with Crippen molar-refractivity contribution in [3.63, 3.8) is 0 Å². The Morgan fingerprint density at radius 2 is 1.79 bits per heavy atom. The fraction of sp³-hybridized carbons (Fsp3) is 0.696. The lowest BCUT2D eigenvalue weighted by atomic mass is 9.84. The average Bonchev–Trinajstić information content (AvgIpc) is 3.52. The molecule has 10 heteroatoms. The van der Waals surface area contributed by atoms with Crippen molar-refractivity contribution in [1.82, 2.24) is 10.2 Å². The molecule has 1 saturated carbocycles. The minimum Gasteiger partial charge on any atom is -0.493 e. The van der Waals surface area contributed by atoms with E-state index in [0.717, 1.165) is 31.4 Å². The molecule has 1 heterocycles. The van der Waals surface area contributed by atoms with Gasteiger partial charge in [-0.15, -0.1) is 0 Å². The smallest absolute Gasteiger partial charge is 0.401 e. The van der Waals surface area contributed by atoms with E-state index in [0.29, 0.717) is 38.8 Å². The number of nitrogens with one attached hydrogen (secondary N) is 2. The van der Waals surface area contributed by atoms with Crippen LogP contribution in [0.4, 0.5) is 22.0 Å². The van der Waals surface area contributed by atoms with E-state index in [-0.39, 0.29) is 30.2 Å². The largest absolute Gasteiger partial charge is 0.493 e. The number of hydrogen-bond acceptors (Lipinski definition) is 5. The zero-order chi connectivity index (χ0) is 24.0. The molecule has 186 valence electrons. The van der Waals surface area contributed by atoms with Crippen LogP contribution in [0, 0.1) is 28.9 Å². The van der Waals surface area contributed by atoms with Crippen molar-refractivity contribution < 1.29 is 31.8 Å². The van der Waals surface area contributed by atoms with Crippen LogP contribution in [0.2, 0.25) is 0 Å². The Hall–Kier alpha value is -1.78. The third-order valence-corrected chi connectivity index (χ3v) is 6.32. The van der Waals surface area contributed by atoms with Gasteiger partial charge < -0.3 is 15.3 Å². The van der Waals surface area contributed by atoms with Gasteiger partial charge in [0.15, 0.2) is 0 Å². The molecule has 0 spiro atoms. The second-order valence-corrected chi connectivity index (χ2v) is 9.16. The van der Waals surface area contributed by atoms with Gasteiger partial charge in [-0.05, 0) is 76.1 Å². The second-order valence-electron chi connectivity index (χ2n) is 9.16. The number of hydrogen-bond donors (Lipinski definition) is 3. The maximum atomic E-state index is 14.4. The van der Waals surface area contributed by atoms with Crippen LogP contribution in [0.3, 0.4) is 0 Å². The number of aliphatic hydroxyl groups excluding tert-OH is 1. The van der Waals surface area contributed by atoms with Gasteiger partial charge in [0, 0.05) is 18.2 Å². The maximum absolute atomic E-state index is 14.4. The maximum Gasteiger partial charge on any atom is 0.401 e. The van der Waals surface area contributed by atoms with E-state index in [1.807, 2.05) is 0 Å². The van der Waals surface area contributed by atoms with Gasteiger partial charge in [0.2, 0.25) is 0 Å². The van der Waals surface area contributed by atoms with Crippen molar-refractivity contribution >= 4 is 6.21 Å². The molecule has 1 aromatic carbocycles. The van der Waals surface area contributed by atoms with Crippen LogP contribution in [0.25, 0.3) is 0 Å². The number of rotatable bonds is 12. The predicted octanol–water partition coefficient (Wildman–Crippen LogP) is 4.80. The molecule has 5 nitrogen and oxygen atoms in total. The number of ether oxygens (including phenoxy) is 1. The molecule has 1 unspecified atom stereocenters. The van der Waals surface area contributed by atoms with Gasteiger partial charge in [0.1, 0.15) is 23.6 Å². The highest BCUT2D eigenvalue weighted by molar-refractivity contribution is 5.53. The number of nitrogens with zero attached hydrogens (tertiary/aromatic N) is 1. The molecule has 0 radical (unpaired) electrons. The summed E-state index contributed by atoms with van der Waals surface area (Å²) in [6, 6.07) is 2.19. The Balaban J connectivity index is 1.46. The first-order valence-electron chi connectivity index (χ1n) is 11.5. The van der Waals surface area contributed by atoms with Gasteiger partial charge in [0.25, 0.3) is 0 Å². The van der Waals surface area contributed by atoms with Crippen LogP contribution in [-0.4, -0.2) is 54.7 Å². The van der Waals surface area contributed by atoms with E-state index >= 15 is 0 Å².